The summed E-state index contributed by atoms with van der Waals surface area (Å²) in [6, 6.07) is 3.97. The number of hydrogen-bond acceptors (Lipinski definition) is 14. The van der Waals surface area contributed by atoms with Crippen molar-refractivity contribution >= 4 is 50.7 Å². The first-order chi connectivity index (χ1) is 32.0. The number of nitrogens with one attached hydrogen (secondary N) is 2. The van der Waals surface area contributed by atoms with Crippen LogP contribution < -0.4 is 10.7 Å². The molecule has 17 nitrogen and oxygen atoms in total. The van der Waals surface area contributed by atoms with Crippen molar-refractivity contribution in [1.29, 1.82) is 0 Å². The summed E-state index contributed by atoms with van der Waals surface area (Å²) in [6.45, 7) is 22.6. The molecule has 67 heavy (non-hydrogen) atoms. The monoisotopic (exact) mass is 1120 g/mol. The molecule has 19 heteroatoms. The molecule has 0 bridgehead atoms. The van der Waals surface area contributed by atoms with Crippen LogP contribution in [0.4, 0.5) is 4.79 Å². The number of alkyl carbamates (subject to hydrolysis) is 1. The molecule has 0 saturated carbocycles. The number of carbonyl (C=O) groups excluding carboxylic acids is 3. The smallest absolute Gasteiger partial charge is 0.447 e. The van der Waals surface area contributed by atoms with Crippen LogP contribution in [-0.4, -0.2) is 143 Å². The number of methoxy groups -OCH3 is 1. The first-order valence-electron chi connectivity index (χ1n) is 22.8. The summed E-state index contributed by atoms with van der Waals surface area (Å²) < 4.78 is 38.8. The molecule has 364 valence electrons. The quantitative estimate of drug-likeness (QED) is 0.0754. The maximum absolute atomic E-state index is 14.8. The number of rotatable bonds is 19. The summed E-state index contributed by atoms with van der Waals surface area (Å²) in [5, 5.41) is 19.1. The Labute approximate surface area is 408 Å². The molecule has 2 aromatic heterocycles. The van der Waals surface area contributed by atoms with Gasteiger partial charge in [0.1, 0.15) is 18.2 Å². The number of aliphatic hydroxyl groups is 1. The SMILES string of the molecule is [C-]#[N+][C@H]1COCCN1[C@H](c1nc(-c2ccc3c(c2)c(CC(C)(C)O)c(C(=C[C@H](C)OC)/C=C\[CH]=[W])n3CCOC2CCOCC2)cs1)[C@H](NC(=O)OC(C)(C)C)C(=O)N1CCC[C@@H](OC=O)N1. The number of benzene rings is 1. The molecule has 3 aliphatic heterocycles. The number of ether oxygens (including phenoxy) is 6. The topological polar surface area (TPSA) is 180 Å². The van der Waals surface area contributed by atoms with Crippen LogP contribution in [-0.2, 0) is 70.3 Å². The Balaban J connectivity index is 1.49. The molecule has 0 radical (unpaired) electrons. The average Bonchev–Trinajstić information content (AvgIpc) is 3.89. The van der Waals surface area contributed by atoms with Crippen molar-refractivity contribution in [2.24, 2.45) is 0 Å². The van der Waals surface area contributed by atoms with Crippen LogP contribution in [0.1, 0.15) is 89.5 Å². The van der Waals surface area contributed by atoms with Crippen molar-refractivity contribution in [2.75, 3.05) is 53.2 Å². The van der Waals surface area contributed by atoms with Gasteiger partial charge in [0, 0.05) is 19.5 Å². The van der Waals surface area contributed by atoms with Gasteiger partial charge in [-0.05, 0) is 27.2 Å². The molecule has 6 rings (SSSR count). The standard InChI is InChI=1S/C48H65N7O10S.W/c1-10-12-33(25-31(2)60-9)42-36(27-48(6,7)59)35-26-32(14-15-38(35)53(42)20-24-63-34-16-21-61-22-17-34)37-29-66-44(50-37)43(54-19-23-62-28-39(54)49-8)41(51-46(58)65-47(3,4)5)45(57)55-18-11-13-40(52-55)64-30-56;/h1,10,12,14-15,25-26,29-31,34,39-41,43,52,59H,11,13,16-24,27-28H2,2-7,9H3,(H,51,58);/b12-10-,33-25?;/t31-,39+,40+,41-,43-;/m0./s1. The third kappa shape index (κ3) is 14.0. The molecule has 3 saturated heterocycles. The minimum Gasteiger partial charge on any atom is -0.447 e. The first kappa shape index (κ1) is 52.2. The van der Waals surface area contributed by atoms with E-state index in [4.69, 9.17) is 40.0 Å². The summed E-state index contributed by atoms with van der Waals surface area (Å²) in [6.07, 6.45) is 6.85. The molecule has 1 aromatic carbocycles. The summed E-state index contributed by atoms with van der Waals surface area (Å²) in [5.41, 5.74) is 6.29. The zero-order valence-corrected chi connectivity index (χ0v) is 43.3. The van der Waals surface area contributed by atoms with E-state index < -0.39 is 47.7 Å². The zero-order chi connectivity index (χ0) is 48.3. The van der Waals surface area contributed by atoms with E-state index in [0.717, 1.165) is 46.1 Å². The van der Waals surface area contributed by atoms with E-state index in [9.17, 15) is 19.5 Å². The minimum atomic E-state index is -1.30. The molecule has 3 aromatic rings. The van der Waals surface area contributed by atoms with Gasteiger partial charge < -0.3 is 24.3 Å². The number of amides is 2. The normalized spacial score (nSPS) is 20.6. The predicted octanol–water partition coefficient (Wildman–Crippen LogP) is 5.74. The molecular weight excluding hydrogens is 1050 g/mol. The van der Waals surface area contributed by atoms with E-state index in [1.807, 2.05) is 43.2 Å². The van der Waals surface area contributed by atoms with Crippen molar-refractivity contribution in [1.82, 2.24) is 30.2 Å². The zero-order valence-electron chi connectivity index (χ0n) is 39.5. The second kappa shape index (κ2) is 23.9. The number of hydrazine groups is 1. The van der Waals surface area contributed by atoms with E-state index in [1.165, 1.54) is 35.7 Å². The van der Waals surface area contributed by atoms with Crippen molar-refractivity contribution in [3.63, 3.8) is 0 Å². The number of carbonyl (C=O) groups is 3. The van der Waals surface area contributed by atoms with Crippen LogP contribution in [0.3, 0.4) is 0 Å². The van der Waals surface area contributed by atoms with Crippen LogP contribution in [0.5, 0.6) is 0 Å². The van der Waals surface area contributed by atoms with Gasteiger partial charge in [-0.25, -0.2) is 16.3 Å². The molecular formula is C48H65N7O10SW. The molecule has 3 fully saturated rings. The van der Waals surface area contributed by atoms with Gasteiger partial charge in [0.2, 0.25) is 0 Å². The number of hydrogen-bond donors (Lipinski definition) is 3. The van der Waals surface area contributed by atoms with Gasteiger partial charge >= 0.3 is 249 Å². The number of morpholine rings is 1. The maximum atomic E-state index is 14.8. The second-order valence-electron chi connectivity index (χ2n) is 18.5. The second-order valence-corrected chi connectivity index (χ2v) is 20.4. The van der Waals surface area contributed by atoms with Gasteiger partial charge in [-0.2, -0.15) is 5.43 Å². The number of allylic oxidation sites excluding steroid dienone is 3. The summed E-state index contributed by atoms with van der Waals surface area (Å²) in [7, 11) is 1.68. The predicted molar refractivity (Wildman–Crippen MR) is 251 cm³/mol. The Hall–Kier alpha value is -4.15. The Bertz CT molecular complexity index is 2290. The van der Waals surface area contributed by atoms with Crippen LogP contribution in [0, 0.1) is 6.57 Å². The summed E-state index contributed by atoms with van der Waals surface area (Å²) in [4.78, 5) is 50.8. The van der Waals surface area contributed by atoms with Crippen LogP contribution >= 0.6 is 11.3 Å². The fourth-order valence-electron chi connectivity index (χ4n) is 8.61. The third-order valence-electron chi connectivity index (χ3n) is 11.6. The molecule has 0 aliphatic carbocycles. The van der Waals surface area contributed by atoms with E-state index >= 15 is 0 Å². The third-order valence-corrected chi connectivity index (χ3v) is 13.1. The van der Waals surface area contributed by atoms with Gasteiger partial charge in [0.15, 0.2) is 6.23 Å². The van der Waals surface area contributed by atoms with Gasteiger partial charge in [0.25, 0.3) is 12.4 Å². The molecule has 2 amide bonds. The van der Waals surface area contributed by atoms with Gasteiger partial charge in [-0.3, -0.25) is 19.4 Å². The number of thiazole rings is 1. The number of fused-ring (bicyclic) bond motifs is 1. The van der Waals surface area contributed by atoms with Crippen molar-refractivity contribution in [3.05, 3.63) is 69.5 Å². The van der Waals surface area contributed by atoms with E-state index in [-0.39, 0.29) is 38.5 Å². The van der Waals surface area contributed by atoms with E-state index in [2.05, 4.69) is 48.8 Å². The molecule has 3 N–H and O–H groups in total. The fourth-order valence-corrected chi connectivity index (χ4v) is 9.88. The summed E-state index contributed by atoms with van der Waals surface area (Å²) in [5.74, 6) is -0.517. The van der Waals surface area contributed by atoms with Gasteiger partial charge in [-0.1, -0.05) is 0 Å². The molecule has 0 unspecified atom stereocenters. The van der Waals surface area contributed by atoms with Crippen molar-refractivity contribution in [3.8, 4) is 11.3 Å². The fraction of sp³-hybridized carbons (Fsp3) is 0.583. The van der Waals surface area contributed by atoms with Crippen molar-refractivity contribution < 1.29 is 67.3 Å². The van der Waals surface area contributed by atoms with Gasteiger partial charge in [-0.15, -0.1) is 0 Å². The van der Waals surface area contributed by atoms with Gasteiger partial charge in [0.05, 0.1) is 12.6 Å². The molecule has 5 atom stereocenters. The Kier molecular flexibility index (Phi) is 18.6. The average molecular weight is 1120 g/mol. The molecule has 3 aliphatic rings. The van der Waals surface area contributed by atoms with E-state index in [1.54, 1.807) is 27.9 Å². The van der Waals surface area contributed by atoms with Crippen LogP contribution in [0.25, 0.3) is 32.6 Å². The number of aromatic nitrogens is 2. The Morgan fingerprint density at radius 2 is 1.93 bits per heavy atom. The van der Waals surface area contributed by atoms with Crippen molar-refractivity contribution in [2.45, 2.75) is 128 Å². The van der Waals surface area contributed by atoms with Crippen LogP contribution in [0.2, 0.25) is 0 Å². The number of nitrogens with zero attached hydrogens (tertiary/aromatic N) is 5. The first-order valence-corrected chi connectivity index (χ1v) is 25.4. The van der Waals surface area contributed by atoms with Crippen LogP contribution in [0.15, 0.2) is 41.8 Å². The Morgan fingerprint density at radius 1 is 1.15 bits per heavy atom. The Morgan fingerprint density at radius 3 is 2.61 bits per heavy atom. The minimum absolute atomic E-state index is 0.0924. The van der Waals surface area contributed by atoms with E-state index in [0.29, 0.717) is 62.8 Å². The molecule has 0 spiro atoms. The molecule has 5 heterocycles. The summed E-state index contributed by atoms with van der Waals surface area (Å²) >= 11 is 2.64.